The van der Waals surface area contributed by atoms with E-state index in [-0.39, 0.29) is 0 Å². The molecule has 1 nitrogen and oxygen atoms in total. The minimum absolute atomic E-state index is 0.487. The van der Waals surface area contributed by atoms with E-state index in [0.29, 0.717) is 0 Å². The molecule has 0 amide bonds. The molecule has 0 saturated heterocycles. The second-order valence-electron chi connectivity index (χ2n) is 12.7. The SMILES string of the molecule is c1ccc2c(c1)Oc1cccc3ccc(-c4cccc5c4C4(c6ccccc6-5)c5ccccc5-c5cccc6cccc4c56)c-2c13. The summed E-state index contributed by atoms with van der Waals surface area (Å²) in [5, 5.41) is 5.00. The lowest BCUT2D eigenvalue weighted by Crippen LogP contribution is -2.32. The molecule has 11 rings (SSSR count). The summed E-state index contributed by atoms with van der Waals surface area (Å²) in [5.74, 6) is 1.82. The van der Waals surface area contributed by atoms with Gasteiger partial charge in [-0.05, 0) is 83.9 Å². The van der Waals surface area contributed by atoms with Gasteiger partial charge in [0.1, 0.15) is 11.5 Å². The maximum atomic E-state index is 6.52. The highest BCUT2D eigenvalue weighted by Crippen LogP contribution is 2.64. The van der Waals surface area contributed by atoms with E-state index in [2.05, 4.69) is 158 Å². The van der Waals surface area contributed by atoms with Crippen molar-refractivity contribution in [3.8, 4) is 56.0 Å². The summed E-state index contributed by atoms with van der Waals surface area (Å²) < 4.78 is 6.52. The molecule has 0 aromatic heterocycles. The minimum atomic E-state index is -0.487. The Morgan fingerprint density at radius 3 is 1.65 bits per heavy atom. The van der Waals surface area contributed by atoms with E-state index in [1.807, 2.05) is 0 Å². The van der Waals surface area contributed by atoms with Crippen LogP contribution in [-0.2, 0) is 5.41 Å². The van der Waals surface area contributed by atoms with Crippen LogP contribution in [0, 0.1) is 0 Å². The predicted molar refractivity (Wildman–Crippen MR) is 189 cm³/mol. The average molecular weight is 583 g/mol. The van der Waals surface area contributed by atoms with Gasteiger partial charge in [0.15, 0.2) is 0 Å². The molecule has 1 unspecified atom stereocenters. The largest absolute Gasteiger partial charge is 0.456 e. The van der Waals surface area contributed by atoms with Gasteiger partial charge in [-0.25, -0.2) is 0 Å². The topological polar surface area (TPSA) is 9.23 Å². The third-order valence-corrected chi connectivity index (χ3v) is 10.7. The summed E-state index contributed by atoms with van der Waals surface area (Å²) in [4.78, 5) is 0. The standard InChI is InChI=1S/C45H26O/c1-4-20-36-29(14-1)31-17-7-11-27-12-8-22-38(41(27)31)45(36)37-21-5-2-15-30(37)33-18-10-19-34(44(33)45)32-26-25-28-13-9-24-40-42(28)43(32)35-16-3-6-23-39(35)46-40/h1-26H. The van der Waals surface area contributed by atoms with Crippen molar-refractivity contribution in [1.29, 1.82) is 0 Å². The maximum absolute atomic E-state index is 6.52. The predicted octanol–water partition coefficient (Wildman–Crippen LogP) is 11.8. The Bertz CT molecular complexity index is 2620. The third-order valence-electron chi connectivity index (χ3n) is 10.7. The fourth-order valence-electron chi connectivity index (χ4n) is 9.03. The number of benzene rings is 8. The average Bonchev–Trinajstić information content (AvgIpc) is 3.42. The summed E-state index contributed by atoms with van der Waals surface area (Å²) in [6, 6.07) is 58.3. The van der Waals surface area contributed by atoms with E-state index in [4.69, 9.17) is 4.74 Å². The molecule has 0 bridgehead atoms. The summed E-state index contributed by atoms with van der Waals surface area (Å²) >= 11 is 0. The first-order valence-electron chi connectivity index (χ1n) is 16.0. The minimum Gasteiger partial charge on any atom is -0.456 e. The van der Waals surface area contributed by atoms with Crippen molar-refractivity contribution >= 4 is 21.5 Å². The molecule has 0 radical (unpaired) electrons. The normalized spacial score (nSPS) is 16.1. The van der Waals surface area contributed by atoms with E-state index < -0.39 is 5.41 Å². The molecular formula is C45H26O. The third kappa shape index (κ3) is 2.83. The molecule has 0 saturated carbocycles. The van der Waals surface area contributed by atoms with Crippen molar-refractivity contribution in [2.75, 3.05) is 0 Å². The number of rotatable bonds is 1. The monoisotopic (exact) mass is 582 g/mol. The second kappa shape index (κ2) is 8.62. The van der Waals surface area contributed by atoms with Crippen molar-refractivity contribution in [1.82, 2.24) is 0 Å². The molecular weight excluding hydrogens is 556 g/mol. The smallest absolute Gasteiger partial charge is 0.135 e. The molecule has 1 atom stereocenters. The summed E-state index contributed by atoms with van der Waals surface area (Å²) in [7, 11) is 0. The van der Waals surface area contributed by atoms with Gasteiger partial charge in [0.25, 0.3) is 0 Å². The Balaban J connectivity index is 1.36. The van der Waals surface area contributed by atoms with Gasteiger partial charge in [-0.15, -0.1) is 0 Å². The summed E-state index contributed by atoms with van der Waals surface area (Å²) in [6.07, 6.45) is 0. The lowest BCUT2D eigenvalue weighted by atomic mass is 9.60. The molecule has 8 aromatic carbocycles. The molecule has 3 aliphatic rings. The number of hydrogen-bond donors (Lipinski definition) is 0. The molecule has 1 heterocycles. The van der Waals surface area contributed by atoms with Crippen molar-refractivity contribution in [3.05, 3.63) is 180 Å². The van der Waals surface area contributed by atoms with Gasteiger partial charge in [-0.1, -0.05) is 146 Å². The highest BCUT2D eigenvalue weighted by atomic mass is 16.5. The first-order chi connectivity index (χ1) is 22.8. The molecule has 1 aliphatic heterocycles. The van der Waals surface area contributed by atoms with Crippen LogP contribution < -0.4 is 4.74 Å². The molecule has 212 valence electrons. The van der Waals surface area contributed by atoms with Gasteiger partial charge in [-0.3, -0.25) is 0 Å². The zero-order valence-electron chi connectivity index (χ0n) is 24.9. The number of ether oxygens (including phenoxy) is 1. The van der Waals surface area contributed by atoms with Crippen LogP contribution in [0.4, 0.5) is 0 Å². The Hall–Kier alpha value is -5.92. The molecule has 1 heteroatoms. The molecule has 8 aromatic rings. The number of fused-ring (bicyclic) bond motifs is 11. The Kier molecular flexibility index (Phi) is 4.57. The van der Waals surface area contributed by atoms with Crippen molar-refractivity contribution in [3.63, 3.8) is 0 Å². The molecule has 0 fully saturated rings. The van der Waals surface area contributed by atoms with Gasteiger partial charge < -0.3 is 4.74 Å². The van der Waals surface area contributed by atoms with Crippen molar-refractivity contribution in [2.45, 2.75) is 5.41 Å². The van der Waals surface area contributed by atoms with Crippen LogP contribution in [0.3, 0.4) is 0 Å². The second-order valence-corrected chi connectivity index (χ2v) is 12.7. The van der Waals surface area contributed by atoms with E-state index >= 15 is 0 Å². The van der Waals surface area contributed by atoms with Gasteiger partial charge in [0, 0.05) is 16.5 Å². The molecule has 46 heavy (non-hydrogen) atoms. The van der Waals surface area contributed by atoms with E-state index in [1.54, 1.807) is 0 Å². The molecule has 1 spiro atoms. The van der Waals surface area contributed by atoms with Crippen molar-refractivity contribution < 1.29 is 4.74 Å². The van der Waals surface area contributed by atoms with Crippen LogP contribution in [0.25, 0.3) is 66.1 Å². The lowest BCUT2D eigenvalue weighted by molar-refractivity contribution is 0.487. The first kappa shape index (κ1) is 24.4. The number of para-hydroxylation sites is 1. The fourth-order valence-corrected chi connectivity index (χ4v) is 9.03. The summed E-state index contributed by atoms with van der Waals surface area (Å²) in [5.41, 5.74) is 15.1. The van der Waals surface area contributed by atoms with Gasteiger partial charge in [-0.2, -0.15) is 0 Å². The van der Waals surface area contributed by atoms with E-state index in [1.165, 1.54) is 82.7 Å². The highest BCUT2D eigenvalue weighted by molar-refractivity contribution is 6.12. The van der Waals surface area contributed by atoms with Crippen LogP contribution >= 0.6 is 0 Å². The van der Waals surface area contributed by atoms with Gasteiger partial charge in [0.2, 0.25) is 0 Å². The maximum Gasteiger partial charge on any atom is 0.135 e. The van der Waals surface area contributed by atoms with Crippen LogP contribution in [-0.4, -0.2) is 0 Å². The first-order valence-corrected chi connectivity index (χ1v) is 16.0. The molecule has 0 N–H and O–H groups in total. The summed E-state index contributed by atoms with van der Waals surface area (Å²) in [6.45, 7) is 0. The number of hydrogen-bond acceptors (Lipinski definition) is 1. The van der Waals surface area contributed by atoms with Crippen LogP contribution in [0.1, 0.15) is 22.3 Å². The van der Waals surface area contributed by atoms with Gasteiger partial charge >= 0.3 is 0 Å². The Morgan fingerprint density at radius 1 is 0.326 bits per heavy atom. The molecule has 2 aliphatic carbocycles. The zero-order valence-corrected chi connectivity index (χ0v) is 24.9. The van der Waals surface area contributed by atoms with Gasteiger partial charge in [0.05, 0.1) is 5.41 Å². The van der Waals surface area contributed by atoms with E-state index in [9.17, 15) is 0 Å². The Labute approximate surface area is 267 Å². The highest BCUT2D eigenvalue weighted by Gasteiger charge is 2.51. The fraction of sp³-hybridized carbons (Fsp3) is 0.0222. The van der Waals surface area contributed by atoms with Crippen LogP contribution in [0.5, 0.6) is 11.5 Å². The van der Waals surface area contributed by atoms with Crippen LogP contribution in [0.2, 0.25) is 0 Å². The van der Waals surface area contributed by atoms with E-state index in [0.717, 1.165) is 17.1 Å². The Morgan fingerprint density at radius 2 is 0.848 bits per heavy atom. The van der Waals surface area contributed by atoms with Crippen molar-refractivity contribution in [2.24, 2.45) is 0 Å². The zero-order chi connectivity index (χ0) is 30.0. The van der Waals surface area contributed by atoms with Crippen LogP contribution in [0.15, 0.2) is 158 Å². The quantitative estimate of drug-likeness (QED) is 0.187. The lowest BCUT2D eigenvalue weighted by Gasteiger charge is -2.41.